The highest BCUT2D eigenvalue weighted by atomic mass is 35.5. The first-order chi connectivity index (χ1) is 9.16. The number of aryl methyl sites for hydroxylation is 1. The second kappa shape index (κ2) is 5.07. The minimum atomic E-state index is 0.164. The first-order valence-electron chi connectivity index (χ1n) is 5.85. The Morgan fingerprint density at radius 2 is 2.00 bits per heavy atom. The Balaban J connectivity index is 1.99. The predicted molar refractivity (Wildman–Crippen MR) is 83.5 cm³/mol. The average molecular weight is 310 g/mol. The molecule has 0 spiro atoms. The number of thiazole rings is 2. The van der Waals surface area contributed by atoms with Crippen LogP contribution in [-0.4, -0.2) is 9.97 Å². The maximum Gasteiger partial charge on any atom is 0.106 e. The number of aromatic nitrogens is 2. The van der Waals surface area contributed by atoms with Gasteiger partial charge in [-0.3, -0.25) is 0 Å². The van der Waals surface area contributed by atoms with Crippen LogP contribution in [0.25, 0.3) is 10.2 Å². The summed E-state index contributed by atoms with van der Waals surface area (Å²) in [4.78, 5) is 9.91. The molecule has 3 nitrogen and oxygen atoms in total. The van der Waals surface area contributed by atoms with Crippen molar-refractivity contribution < 1.29 is 0 Å². The van der Waals surface area contributed by atoms with Gasteiger partial charge in [0.05, 0.1) is 38.2 Å². The highest BCUT2D eigenvalue weighted by Gasteiger charge is 2.15. The molecule has 3 rings (SSSR count). The molecule has 2 aromatic heterocycles. The molecule has 1 atom stereocenters. The fourth-order valence-electron chi connectivity index (χ4n) is 2.05. The van der Waals surface area contributed by atoms with Crippen LogP contribution in [0.15, 0.2) is 23.2 Å². The maximum atomic E-state index is 6.30. The number of halogens is 1. The number of benzene rings is 1. The Labute approximate surface area is 124 Å². The summed E-state index contributed by atoms with van der Waals surface area (Å²) in [5.41, 5.74) is 6.61. The van der Waals surface area contributed by atoms with Crippen LogP contribution in [0.3, 0.4) is 0 Å². The first kappa shape index (κ1) is 12.8. The SMILES string of the molecule is Cc1ncsc1C(C)Nc1c(Cl)ccc2scnc12. The third-order valence-electron chi connectivity index (χ3n) is 2.99. The van der Waals surface area contributed by atoms with Crippen molar-refractivity contribution in [3.63, 3.8) is 0 Å². The molecule has 1 N–H and O–H groups in total. The van der Waals surface area contributed by atoms with Crippen molar-refractivity contribution >= 4 is 50.2 Å². The predicted octanol–water partition coefficient (Wildman–Crippen LogP) is 4.89. The third kappa shape index (κ3) is 2.33. The molecule has 0 aliphatic rings. The third-order valence-corrected chi connectivity index (χ3v) is 5.21. The molecule has 1 aromatic carbocycles. The van der Waals surface area contributed by atoms with Gasteiger partial charge in [-0.05, 0) is 26.0 Å². The van der Waals surface area contributed by atoms with E-state index in [-0.39, 0.29) is 6.04 Å². The maximum absolute atomic E-state index is 6.30. The number of nitrogens with zero attached hydrogens (tertiary/aromatic N) is 2. The summed E-state index contributed by atoms with van der Waals surface area (Å²) in [6, 6.07) is 4.08. The van der Waals surface area contributed by atoms with Crippen molar-refractivity contribution in [2.24, 2.45) is 0 Å². The van der Waals surface area contributed by atoms with Gasteiger partial charge in [0.25, 0.3) is 0 Å². The van der Waals surface area contributed by atoms with Crippen LogP contribution < -0.4 is 5.32 Å². The average Bonchev–Trinajstić information content (AvgIpc) is 3.01. The molecule has 19 heavy (non-hydrogen) atoms. The minimum absolute atomic E-state index is 0.164. The van der Waals surface area contributed by atoms with Gasteiger partial charge in [-0.15, -0.1) is 22.7 Å². The lowest BCUT2D eigenvalue weighted by molar-refractivity contribution is 0.892. The van der Waals surface area contributed by atoms with Gasteiger partial charge in [0, 0.05) is 4.88 Å². The van der Waals surface area contributed by atoms with Crippen LogP contribution in [0, 0.1) is 6.92 Å². The van der Waals surface area contributed by atoms with Gasteiger partial charge in [0.15, 0.2) is 0 Å². The smallest absolute Gasteiger partial charge is 0.106 e. The van der Waals surface area contributed by atoms with E-state index in [1.807, 2.05) is 30.1 Å². The molecule has 1 unspecified atom stereocenters. The Morgan fingerprint density at radius 3 is 2.74 bits per heavy atom. The molecule has 98 valence electrons. The fourth-order valence-corrected chi connectivity index (χ4v) is 3.75. The number of hydrogen-bond donors (Lipinski definition) is 1. The lowest BCUT2D eigenvalue weighted by atomic mass is 10.2. The molecule has 0 aliphatic carbocycles. The standard InChI is InChI=1S/C13H12ClN3S2/c1-7-13(19-5-15-7)8(2)17-11-9(14)3-4-10-12(11)16-6-18-10/h3-6,8,17H,1-2H3. The van der Waals surface area contributed by atoms with E-state index in [0.717, 1.165) is 21.6 Å². The summed E-state index contributed by atoms with van der Waals surface area (Å²) >= 11 is 9.57. The van der Waals surface area contributed by atoms with Crippen LogP contribution in [-0.2, 0) is 0 Å². The lowest BCUT2D eigenvalue weighted by Gasteiger charge is -2.16. The van der Waals surface area contributed by atoms with Crippen molar-refractivity contribution in [3.8, 4) is 0 Å². The normalized spacial score (nSPS) is 12.8. The second-order valence-electron chi connectivity index (χ2n) is 4.29. The molecule has 2 heterocycles. The van der Waals surface area contributed by atoms with E-state index in [1.165, 1.54) is 4.88 Å². The van der Waals surface area contributed by atoms with E-state index in [4.69, 9.17) is 11.6 Å². The number of anilines is 1. The molecule has 0 radical (unpaired) electrons. The molecular formula is C13H12ClN3S2. The van der Waals surface area contributed by atoms with Crippen molar-refractivity contribution in [3.05, 3.63) is 38.7 Å². The largest absolute Gasteiger partial charge is 0.375 e. The Kier molecular flexibility index (Phi) is 3.43. The minimum Gasteiger partial charge on any atom is -0.375 e. The summed E-state index contributed by atoms with van der Waals surface area (Å²) < 4.78 is 1.14. The molecule has 0 saturated heterocycles. The molecule has 0 bridgehead atoms. The molecule has 0 saturated carbocycles. The van der Waals surface area contributed by atoms with Gasteiger partial charge >= 0.3 is 0 Å². The quantitative estimate of drug-likeness (QED) is 0.748. The number of rotatable bonds is 3. The Morgan fingerprint density at radius 1 is 1.21 bits per heavy atom. The monoisotopic (exact) mass is 309 g/mol. The second-order valence-corrected chi connectivity index (χ2v) is 6.47. The van der Waals surface area contributed by atoms with Crippen molar-refractivity contribution in [2.45, 2.75) is 19.9 Å². The van der Waals surface area contributed by atoms with Crippen LogP contribution >= 0.6 is 34.3 Å². The highest BCUT2D eigenvalue weighted by molar-refractivity contribution is 7.16. The fraction of sp³-hybridized carbons (Fsp3) is 0.231. The van der Waals surface area contributed by atoms with Crippen LogP contribution in [0.1, 0.15) is 23.5 Å². The summed E-state index contributed by atoms with van der Waals surface area (Å²) in [6.45, 7) is 4.14. The Hall–Kier alpha value is -1.17. The lowest BCUT2D eigenvalue weighted by Crippen LogP contribution is -2.07. The summed E-state index contributed by atoms with van der Waals surface area (Å²) in [6.07, 6.45) is 0. The zero-order valence-electron chi connectivity index (χ0n) is 10.5. The molecular weight excluding hydrogens is 298 g/mol. The summed E-state index contributed by atoms with van der Waals surface area (Å²) in [7, 11) is 0. The van der Waals surface area contributed by atoms with E-state index < -0.39 is 0 Å². The van der Waals surface area contributed by atoms with Crippen LogP contribution in [0.5, 0.6) is 0 Å². The highest BCUT2D eigenvalue weighted by Crippen LogP contribution is 2.35. The number of fused-ring (bicyclic) bond motifs is 1. The molecule has 3 aromatic rings. The van der Waals surface area contributed by atoms with Crippen molar-refractivity contribution in [1.82, 2.24) is 9.97 Å². The number of hydrogen-bond acceptors (Lipinski definition) is 5. The molecule has 0 fully saturated rings. The summed E-state index contributed by atoms with van der Waals surface area (Å²) in [5.74, 6) is 0. The van der Waals surface area contributed by atoms with Crippen LogP contribution in [0.4, 0.5) is 5.69 Å². The first-order valence-corrected chi connectivity index (χ1v) is 7.98. The molecule has 0 aliphatic heterocycles. The van der Waals surface area contributed by atoms with Gasteiger partial charge in [-0.2, -0.15) is 0 Å². The molecule has 6 heteroatoms. The zero-order valence-corrected chi connectivity index (χ0v) is 12.9. The topological polar surface area (TPSA) is 37.8 Å². The van der Waals surface area contributed by atoms with Gasteiger partial charge in [0.1, 0.15) is 5.52 Å². The molecule has 0 amide bonds. The van der Waals surface area contributed by atoms with Crippen molar-refractivity contribution in [2.75, 3.05) is 5.32 Å². The van der Waals surface area contributed by atoms with E-state index in [1.54, 1.807) is 22.7 Å². The zero-order chi connectivity index (χ0) is 13.4. The van der Waals surface area contributed by atoms with Gasteiger partial charge in [-0.25, -0.2) is 9.97 Å². The number of nitrogens with one attached hydrogen (secondary N) is 1. The van der Waals surface area contributed by atoms with Gasteiger partial charge in [0.2, 0.25) is 0 Å². The van der Waals surface area contributed by atoms with Crippen molar-refractivity contribution in [1.29, 1.82) is 0 Å². The summed E-state index contributed by atoms with van der Waals surface area (Å²) in [5, 5.41) is 4.17. The Bertz CT molecular complexity index is 720. The van der Waals surface area contributed by atoms with E-state index >= 15 is 0 Å². The van der Waals surface area contributed by atoms with Crippen LogP contribution in [0.2, 0.25) is 5.02 Å². The van der Waals surface area contributed by atoms with Gasteiger partial charge in [-0.1, -0.05) is 11.6 Å². The van der Waals surface area contributed by atoms with Gasteiger partial charge < -0.3 is 5.32 Å². The van der Waals surface area contributed by atoms with E-state index in [2.05, 4.69) is 22.2 Å². The van der Waals surface area contributed by atoms with E-state index in [0.29, 0.717) is 5.02 Å². The van der Waals surface area contributed by atoms with E-state index in [9.17, 15) is 0 Å².